The maximum absolute atomic E-state index is 12.7. The molecule has 110 valence electrons. The molecule has 0 unspecified atom stereocenters. The Kier molecular flexibility index (Phi) is 4.21. The fourth-order valence-corrected chi connectivity index (χ4v) is 3.65. The smallest absolute Gasteiger partial charge is 0.193 e. The van der Waals surface area contributed by atoms with Crippen LogP contribution in [-0.4, -0.2) is 20.2 Å². The van der Waals surface area contributed by atoms with Crippen molar-refractivity contribution in [1.29, 1.82) is 0 Å². The van der Waals surface area contributed by atoms with Crippen LogP contribution >= 0.6 is 0 Å². The van der Waals surface area contributed by atoms with Gasteiger partial charge in [-0.2, -0.15) is 0 Å². The lowest BCUT2D eigenvalue weighted by Gasteiger charge is -2.40. The maximum Gasteiger partial charge on any atom is 0.193 e. The van der Waals surface area contributed by atoms with E-state index in [2.05, 4.69) is 52.1 Å². The Morgan fingerprint density at radius 3 is 2.45 bits per heavy atom. The second-order valence-electron chi connectivity index (χ2n) is 7.32. The molecule has 0 radical (unpaired) electrons. The number of rotatable bonds is 2. The standard InChI is InChI=1S/C17H26O2Si/c1-17(2,3)20(4,5)19-16-14-10-7-6-9-13(15(16)18)11-8-12-14/h6-11,13-14,16H,12H2,1-5H3/b9-6-,10-7?/t13-,14+,16-/m0/s1. The second kappa shape index (κ2) is 5.45. The van der Waals surface area contributed by atoms with Gasteiger partial charge in [0.05, 0.1) is 5.92 Å². The predicted octanol–water partition coefficient (Wildman–Crippen LogP) is 4.26. The molecule has 2 nitrogen and oxygen atoms in total. The van der Waals surface area contributed by atoms with Crippen LogP contribution in [0.5, 0.6) is 0 Å². The van der Waals surface area contributed by atoms with E-state index in [1.165, 1.54) is 0 Å². The molecule has 0 aromatic rings. The molecule has 2 bridgehead atoms. The predicted molar refractivity (Wildman–Crippen MR) is 86.1 cm³/mol. The van der Waals surface area contributed by atoms with Crippen LogP contribution in [0.1, 0.15) is 27.2 Å². The lowest BCUT2D eigenvalue weighted by atomic mass is 9.90. The summed E-state index contributed by atoms with van der Waals surface area (Å²) in [6.07, 6.45) is 12.9. The number of carbonyl (C=O) groups excluding carboxylic acids is 1. The number of hydrogen-bond donors (Lipinski definition) is 0. The van der Waals surface area contributed by atoms with E-state index in [1.54, 1.807) is 0 Å². The highest BCUT2D eigenvalue weighted by atomic mass is 28.4. The summed E-state index contributed by atoms with van der Waals surface area (Å²) in [4.78, 5) is 12.7. The summed E-state index contributed by atoms with van der Waals surface area (Å²) in [6.45, 7) is 11.1. The summed E-state index contributed by atoms with van der Waals surface area (Å²) < 4.78 is 6.47. The zero-order chi connectivity index (χ0) is 15.0. The van der Waals surface area contributed by atoms with E-state index < -0.39 is 8.32 Å². The summed E-state index contributed by atoms with van der Waals surface area (Å²) in [6, 6.07) is 0. The normalized spacial score (nSPS) is 31.9. The van der Waals surface area contributed by atoms with Crippen LogP contribution in [-0.2, 0) is 9.22 Å². The first kappa shape index (κ1) is 15.5. The van der Waals surface area contributed by atoms with E-state index >= 15 is 0 Å². The van der Waals surface area contributed by atoms with Gasteiger partial charge in [-0.05, 0) is 24.6 Å². The van der Waals surface area contributed by atoms with Crippen LogP contribution in [0, 0.1) is 11.8 Å². The Morgan fingerprint density at radius 1 is 1.15 bits per heavy atom. The molecule has 2 aliphatic rings. The first-order valence-electron chi connectivity index (χ1n) is 7.45. The number of fused-ring (bicyclic) bond motifs is 3. The molecule has 0 aromatic heterocycles. The van der Waals surface area contributed by atoms with Crippen LogP contribution in [0.2, 0.25) is 18.1 Å². The SMILES string of the molecule is CC(C)(C)[Si](C)(C)O[C@@H]1C(=O)[C@@H]2C=CC[C@H]1C=C/C=C\2. The summed E-state index contributed by atoms with van der Waals surface area (Å²) in [7, 11) is -1.94. The molecular formula is C17H26O2Si. The van der Waals surface area contributed by atoms with Crippen molar-refractivity contribution in [3.05, 3.63) is 36.5 Å². The molecule has 2 aliphatic carbocycles. The van der Waals surface area contributed by atoms with Crippen molar-refractivity contribution in [2.24, 2.45) is 11.8 Å². The van der Waals surface area contributed by atoms with E-state index in [1.807, 2.05) is 18.2 Å². The third-order valence-electron chi connectivity index (χ3n) is 4.77. The third kappa shape index (κ3) is 3.04. The first-order chi connectivity index (χ1) is 9.22. The van der Waals surface area contributed by atoms with Crippen LogP contribution < -0.4 is 0 Å². The number of Topliss-reactive ketones (excluding diaryl/α,β-unsaturated/α-hetero) is 1. The van der Waals surface area contributed by atoms with Crippen LogP contribution in [0.3, 0.4) is 0 Å². The molecule has 0 spiro atoms. The number of allylic oxidation sites excluding steroid dienone is 5. The fourth-order valence-electron chi connectivity index (χ4n) is 2.37. The molecule has 0 fully saturated rings. The molecule has 0 saturated heterocycles. The van der Waals surface area contributed by atoms with Crippen molar-refractivity contribution in [2.45, 2.75) is 51.4 Å². The molecule has 0 heterocycles. The first-order valence-corrected chi connectivity index (χ1v) is 10.4. The summed E-state index contributed by atoms with van der Waals surface area (Å²) in [5.74, 6) is 0.261. The molecular weight excluding hydrogens is 264 g/mol. The molecule has 0 aliphatic heterocycles. The molecule has 20 heavy (non-hydrogen) atoms. The monoisotopic (exact) mass is 290 g/mol. The van der Waals surface area contributed by atoms with Gasteiger partial charge in [0, 0.05) is 5.92 Å². The number of ketones is 1. The third-order valence-corrected chi connectivity index (χ3v) is 9.22. The van der Waals surface area contributed by atoms with Crippen molar-refractivity contribution in [3.63, 3.8) is 0 Å². The quantitative estimate of drug-likeness (QED) is 0.561. The summed E-state index contributed by atoms with van der Waals surface area (Å²) in [5.41, 5.74) is 0. The number of hydrogen-bond acceptors (Lipinski definition) is 2. The van der Waals surface area contributed by atoms with Gasteiger partial charge in [0.15, 0.2) is 14.1 Å². The fraction of sp³-hybridized carbons (Fsp3) is 0.588. The second-order valence-corrected chi connectivity index (χ2v) is 12.1. The molecule has 0 saturated carbocycles. The van der Waals surface area contributed by atoms with Gasteiger partial charge in [0.25, 0.3) is 0 Å². The van der Waals surface area contributed by atoms with Gasteiger partial charge in [0.1, 0.15) is 6.10 Å². The minimum atomic E-state index is -1.94. The maximum atomic E-state index is 12.7. The molecule has 3 atom stereocenters. The van der Waals surface area contributed by atoms with Gasteiger partial charge in [-0.1, -0.05) is 57.2 Å². The zero-order valence-corrected chi connectivity index (χ0v) is 14.2. The van der Waals surface area contributed by atoms with Gasteiger partial charge in [-0.25, -0.2) is 0 Å². The highest BCUT2D eigenvalue weighted by molar-refractivity contribution is 6.74. The van der Waals surface area contributed by atoms with Gasteiger partial charge in [0.2, 0.25) is 0 Å². The van der Waals surface area contributed by atoms with Crippen molar-refractivity contribution in [1.82, 2.24) is 0 Å². The van der Waals surface area contributed by atoms with E-state index in [4.69, 9.17) is 4.43 Å². The van der Waals surface area contributed by atoms with Crippen LogP contribution in [0.4, 0.5) is 0 Å². The molecule has 2 rings (SSSR count). The molecule has 0 amide bonds. The average Bonchev–Trinajstić information content (AvgIpc) is 2.43. The van der Waals surface area contributed by atoms with Gasteiger partial charge >= 0.3 is 0 Å². The summed E-state index contributed by atoms with van der Waals surface area (Å²) in [5, 5.41) is 0.122. The van der Waals surface area contributed by atoms with Gasteiger partial charge in [-0.15, -0.1) is 0 Å². The Bertz CT molecular complexity index is 466. The minimum absolute atomic E-state index is 0.122. The number of carbonyl (C=O) groups is 1. The van der Waals surface area contributed by atoms with Crippen molar-refractivity contribution >= 4 is 14.1 Å². The lowest BCUT2D eigenvalue weighted by molar-refractivity contribution is -0.129. The Morgan fingerprint density at radius 2 is 1.80 bits per heavy atom. The topological polar surface area (TPSA) is 26.3 Å². The molecule has 0 N–H and O–H groups in total. The van der Waals surface area contributed by atoms with Gasteiger partial charge in [-0.3, -0.25) is 4.79 Å². The minimum Gasteiger partial charge on any atom is -0.406 e. The van der Waals surface area contributed by atoms with E-state index in [9.17, 15) is 4.79 Å². The van der Waals surface area contributed by atoms with Crippen molar-refractivity contribution in [3.8, 4) is 0 Å². The van der Waals surface area contributed by atoms with E-state index in [-0.39, 0.29) is 28.8 Å². The lowest BCUT2D eigenvalue weighted by Crippen LogP contribution is -2.48. The van der Waals surface area contributed by atoms with Gasteiger partial charge < -0.3 is 4.43 Å². The zero-order valence-electron chi connectivity index (χ0n) is 13.2. The highest BCUT2D eigenvalue weighted by Crippen LogP contribution is 2.39. The summed E-state index contributed by atoms with van der Waals surface area (Å²) >= 11 is 0. The highest BCUT2D eigenvalue weighted by Gasteiger charge is 2.43. The van der Waals surface area contributed by atoms with Crippen LogP contribution in [0.25, 0.3) is 0 Å². The van der Waals surface area contributed by atoms with E-state index in [0.29, 0.717) is 0 Å². The Balaban J connectivity index is 2.30. The Hall–Kier alpha value is -0.933. The van der Waals surface area contributed by atoms with Crippen molar-refractivity contribution in [2.75, 3.05) is 0 Å². The van der Waals surface area contributed by atoms with Crippen molar-refractivity contribution < 1.29 is 9.22 Å². The Labute approximate surface area is 123 Å². The van der Waals surface area contributed by atoms with Crippen LogP contribution in [0.15, 0.2) is 36.5 Å². The average molecular weight is 290 g/mol. The van der Waals surface area contributed by atoms with E-state index in [0.717, 1.165) is 6.42 Å². The molecule has 0 aromatic carbocycles. The molecule has 3 heteroatoms. The largest absolute Gasteiger partial charge is 0.406 e.